The van der Waals surface area contributed by atoms with Crippen LogP contribution in [0.3, 0.4) is 0 Å². The first-order valence-corrected chi connectivity index (χ1v) is 10.4. The molecule has 0 aliphatic carbocycles. The highest BCUT2D eigenvalue weighted by Crippen LogP contribution is 2.14. The van der Waals surface area contributed by atoms with Crippen LogP contribution in [0.2, 0.25) is 0 Å². The zero-order valence-electron chi connectivity index (χ0n) is 17.1. The fourth-order valence-electron chi connectivity index (χ4n) is 3.67. The first-order valence-electron chi connectivity index (χ1n) is 10.4. The van der Waals surface area contributed by atoms with Gasteiger partial charge in [0.15, 0.2) is 0 Å². The van der Waals surface area contributed by atoms with E-state index in [1.807, 2.05) is 18.2 Å². The number of hydrogen-bond donors (Lipinski definition) is 3. The molecular weight excluding hydrogens is 346 g/mol. The molecule has 28 heavy (non-hydrogen) atoms. The van der Waals surface area contributed by atoms with Crippen LogP contribution in [0, 0.1) is 13.8 Å². The van der Waals surface area contributed by atoms with E-state index in [9.17, 15) is 4.79 Å². The van der Waals surface area contributed by atoms with Crippen LogP contribution in [0.4, 0.5) is 5.69 Å². The molecule has 4 heteroatoms. The molecule has 3 rings (SSSR count). The van der Waals surface area contributed by atoms with E-state index in [2.05, 4.69) is 61.6 Å². The Kier molecular flexibility index (Phi) is 7.40. The molecule has 2 aromatic rings. The number of aryl methyl sites for hydroxylation is 2. The molecule has 0 unspecified atom stereocenters. The molecule has 148 valence electrons. The van der Waals surface area contributed by atoms with Crippen molar-refractivity contribution < 1.29 is 14.6 Å². The van der Waals surface area contributed by atoms with Crippen LogP contribution in [0.1, 0.15) is 23.1 Å². The third-order valence-corrected chi connectivity index (χ3v) is 5.68. The van der Waals surface area contributed by atoms with Crippen LogP contribution in [0.5, 0.6) is 0 Å². The fourth-order valence-corrected chi connectivity index (χ4v) is 3.67. The van der Waals surface area contributed by atoms with E-state index in [1.165, 1.54) is 29.8 Å². The minimum Gasteiger partial charge on any atom is -0.326 e. The summed E-state index contributed by atoms with van der Waals surface area (Å²) in [4.78, 5) is 15.4. The lowest BCUT2D eigenvalue weighted by molar-refractivity contribution is -1.01. The zero-order valence-corrected chi connectivity index (χ0v) is 17.1. The molecular formula is C24H33N3O+2. The van der Waals surface area contributed by atoms with E-state index in [4.69, 9.17) is 0 Å². The predicted molar refractivity (Wildman–Crippen MR) is 116 cm³/mol. The van der Waals surface area contributed by atoms with E-state index in [0.29, 0.717) is 6.42 Å². The molecule has 2 aromatic carbocycles. The number of benzene rings is 2. The molecule has 1 heterocycles. The molecule has 0 aromatic heterocycles. The fraction of sp³-hybridized carbons (Fsp3) is 0.375. The Bertz CT molecular complexity index is 793. The lowest BCUT2D eigenvalue weighted by Crippen LogP contribution is -3.28. The van der Waals surface area contributed by atoms with Gasteiger partial charge in [0.1, 0.15) is 26.2 Å². The first kappa shape index (κ1) is 20.3. The van der Waals surface area contributed by atoms with Gasteiger partial charge in [-0.25, -0.2) is 0 Å². The van der Waals surface area contributed by atoms with Crippen molar-refractivity contribution in [3.63, 3.8) is 0 Å². The Balaban J connectivity index is 1.34. The summed E-state index contributed by atoms with van der Waals surface area (Å²) in [5.41, 5.74) is 4.63. The third-order valence-electron chi connectivity index (χ3n) is 5.68. The average molecular weight is 380 g/mol. The predicted octanol–water partition coefficient (Wildman–Crippen LogP) is 1.13. The maximum Gasteiger partial charge on any atom is 0.230 e. The second-order valence-electron chi connectivity index (χ2n) is 7.86. The summed E-state index contributed by atoms with van der Waals surface area (Å²) in [6.45, 7) is 10.8. The number of nitrogens with one attached hydrogen (secondary N) is 3. The van der Waals surface area contributed by atoms with Crippen LogP contribution in [0.15, 0.2) is 54.6 Å². The lowest BCUT2D eigenvalue weighted by atomic mass is 10.1. The monoisotopic (exact) mass is 379 g/mol. The molecule has 0 spiro atoms. The van der Waals surface area contributed by atoms with Gasteiger partial charge in [0.25, 0.3) is 0 Å². The van der Waals surface area contributed by atoms with Crippen molar-refractivity contribution in [2.75, 3.05) is 44.6 Å². The Morgan fingerprint density at radius 3 is 2.39 bits per heavy atom. The second kappa shape index (κ2) is 10.2. The molecule has 4 nitrogen and oxygen atoms in total. The van der Waals surface area contributed by atoms with Gasteiger partial charge in [-0.15, -0.1) is 0 Å². The van der Waals surface area contributed by atoms with Crippen molar-refractivity contribution in [3.05, 3.63) is 71.3 Å². The van der Waals surface area contributed by atoms with Crippen molar-refractivity contribution in [2.45, 2.75) is 20.3 Å². The number of anilines is 1. The lowest BCUT2D eigenvalue weighted by Gasteiger charge is -2.29. The highest BCUT2D eigenvalue weighted by Gasteiger charge is 2.22. The van der Waals surface area contributed by atoms with E-state index in [-0.39, 0.29) is 5.91 Å². The Morgan fingerprint density at radius 1 is 0.964 bits per heavy atom. The third kappa shape index (κ3) is 6.32. The minimum absolute atomic E-state index is 0.122. The van der Waals surface area contributed by atoms with Crippen molar-refractivity contribution in [1.29, 1.82) is 0 Å². The quantitative estimate of drug-likeness (QED) is 0.663. The standard InChI is InChI=1S/C24H31N3O/c1-20-10-11-23(19-21(20)2)25-24(28)12-14-27-17-15-26(16-18-27)13-6-9-22-7-4-3-5-8-22/h3-11,19H,12-18H2,1-2H3,(H,25,28)/p+2/b9-6+. The highest BCUT2D eigenvalue weighted by atomic mass is 16.1. The topological polar surface area (TPSA) is 38.0 Å². The number of rotatable bonds is 7. The number of carbonyl (C=O) groups is 1. The second-order valence-corrected chi connectivity index (χ2v) is 7.86. The number of piperazine rings is 1. The average Bonchev–Trinajstić information content (AvgIpc) is 2.71. The van der Waals surface area contributed by atoms with Gasteiger partial charge in [0.2, 0.25) is 5.91 Å². The van der Waals surface area contributed by atoms with Crippen LogP contribution >= 0.6 is 0 Å². The van der Waals surface area contributed by atoms with E-state index < -0.39 is 0 Å². The summed E-state index contributed by atoms with van der Waals surface area (Å²) in [6.07, 6.45) is 5.08. The Labute approximate surface area is 168 Å². The van der Waals surface area contributed by atoms with Gasteiger partial charge >= 0.3 is 0 Å². The van der Waals surface area contributed by atoms with Gasteiger partial charge in [-0.3, -0.25) is 4.79 Å². The molecule has 0 radical (unpaired) electrons. The van der Waals surface area contributed by atoms with Crippen molar-refractivity contribution in [3.8, 4) is 0 Å². The van der Waals surface area contributed by atoms with Crippen molar-refractivity contribution in [1.82, 2.24) is 0 Å². The molecule has 0 atom stereocenters. The SMILES string of the molecule is Cc1ccc(NC(=O)CC[NH+]2CC[NH+](C/C=C/c3ccccc3)CC2)cc1C. The highest BCUT2D eigenvalue weighted by molar-refractivity contribution is 5.90. The molecule has 0 saturated carbocycles. The van der Waals surface area contributed by atoms with Crippen LogP contribution in [-0.2, 0) is 4.79 Å². The first-order chi connectivity index (χ1) is 13.6. The summed E-state index contributed by atoms with van der Waals surface area (Å²) < 4.78 is 0. The molecule has 1 fully saturated rings. The molecule has 1 aliphatic heterocycles. The van der Waals surface area contributed by atoms with Crippen LogP contribution in [0.25, 0.3) is 6.08 Å². The van der Waals surface area contributed by atoms with Crippen LogP contribution < -0.4 is 15.1 Å². The number of hydrogen-bond acceptors (Lipinski definition) is 1. The summed E-state index contributed by atoms with van der Waals surface area (Å²) in [5, 5.41) is 3.04. The number of quaternary nitrogens is 2. The number of carbonyl (C=O) groups excluding carboxylic acids is 1. The van der Waals surface area contributed by atoms with Crippen molar-refractivity contribution in [2.24, 2.45) is 0 Å². The van der Waals surface area contributed by atoms with Gasteiger partial charge in [-0.2, -0.15) is 0 Å². The molecule has 1 saturated heterocycles. The van der Waals surface area contributed by atoms with Gasteiger partial charge in [0, 0.05) is 5.69 Å². The minimum atomic E-state index is 0.122. The normalized spacial score (nSPS) is 19.6. The summed E-state index contributed by atoms with van der Waals surface area (Å²) >= 11 is 0. The largest absolute Gasteiger partial charge is 0.326 e. The maximum absolute atomic E-state index is 12.3. The number of amides is 1. The summed E-state index contributed by atoms with van der Waals surface area (Å²) in [5.74, 6) is 0.122. The van der Waals surface area contributed by atoms with Gasteiger partial charge in [0.05, 0.1) is 19.5 Å². The van der Waals surface area contributed by atoms with Gasteiger partial charge < -0.3 is 15.1 Å². The molecule has 1 aliphatic rings. The van der Waals surface area contributed by atoms with E-state index in [1.54, 1.807) is 9.80 Å². The van der Waals surface area contributed by atoms with Gasteiger partial charge in [-0.1, -0.05) is 42.5 Å². The van der Waals surface area contributed by atoms with E-state index >= 15 is 0 Å². The molecule has 0 bridgehead atoms. The smallest absolute Gasteiger partial charge is 0.230 e. The van der Waals surface area contributed by atoms with Crippen LogP contribution in [-0.4, -0.2) is 45.2 Å². The summed E-state index contributed by atoms with van der Waals surface area (Å²) in [7, 11) is 0. The Morgan fingerprint density at radius 2 is 1.68 bits per heavy atom. The molecule has 1 amide bonds. The maximum atomic E-state index is 12.3. The van der Waals surface area contributed by atoms with Gasteiger partial charge in [-0.05, 0) is 48.7 Å². The van der Waals surface area contributed by atoms with E-state index in [0.717, 1.165) is 31.9 Å². The molecule has 3 N–H and O–H groups in total. The summed E-state index contributed by atoms with van der Waals surface area (Å²) in [6, 6.07) is 16.6. The van der Waals surface area contributed by atoms with Crippen molar-refractivity contribution >= 4 is 17.7 Å². The zero-order chi connectivity index (χ0) is 19.8. The Hall–Kier alpha value is -2.43.